The van der Waals surface area contributed by atoms with Crippen molar-refractivity contribution in [3.63, 3.8) is 0 Å². The van der Waals surface area contributed by atoms with Crippen LogP contribution in [0.1, 0.15) is 18.2 Å². The molecule has 0 spiro atoms. The van der Waals surface area contributed by atoms with Gasteiger partial charge < -0.3 is 9.47 Å². The summed E-state index contributed by atoms with van der Waals surface area (Å²) < 4.78 is 61.0. The van der Waals surface area contributed by atoms with Crippen molar-refractivity contribution in [1.29, 1.82) is 0 Å². The van der Waals surface area contributed by atoms with Crippen LogP contribution in [0, 0.1) is 0 Å². The summed E-state index contributed by atoms with van der Waals surface area (Å²) in [4.78, 5) is 3.92. The molecule has 0 aliphatic carbocycles. The third-order valence-corrected chi connectivity index (χ3v) is 5.75. The zero-order valence-corrected chi connectivity index (χ0v) is 12.5. The Morgan fingerprint density at radius 3 is 2.65 bits per heavy atom. The summed E-state index contributed by atoms with van der Waals surface area (Å²) in [5.74, 6) is -3.10. The van der Waals surface area contributed by atoms with E-state index in [2.05, 4.69) is 4.98 Å². The molecule has 0 bridgehead atoms. The van der Waals surface area contributed by atoms with E-state index in [9.17, 15) is 17.2 Å². The smallest absolute Gasteiger partial charge is 0.258 e. The van der Waals surface area contributed by atoms with Gasteiger partial charge in [-0.3, -0.25) is 0 Å². The lowest BCUT2D eigenvalue weighted by Crippen LogP contribution is -2.36. The van der Waals surface area contributed by atoms with Crippen LogP contribution in [0.4, 0.5) is 8.78 Å². The molecule has 0 N–H and O–H groups in total. The molecule has 2 heterocycles. The molecule has 10 heteroatoms. The van der Waals surface area contributed by atoms with Gasteiger partial charge in [0.1, 0.15) is 0 Å². The summed E-state index contributed by atoms with van der Waals surface area (Å²) in [6.07, 6.45) is 0.451. The van der Waals surface area contributed by atoms with E-state index in [0.717, 1.165) is 24.6 Å². The Balaban J connectivity index is 2.17. The van der Waals surface area contributed by atoms with Gasteiger partial charge >= 0.3 is 0 Å². The Morgan fingerprint density at radius 2 is 2.10 bits per heavy atom. The van der Waals surface area contributed by atoms with Gasteiger partial charge in [0.25, 0.3) is 15.9 Å². The maximum Gasteiger partial charge on any atom is 0.258 e. The van der Waals surface area contributed by atoms with E-state index >= 15 is 0 Å². The van der Waals surface area contributed by atoms with Gasteiger partial charge in [-0.05, 0) is 0 Å². The minimum Gasteiger partial charge on any atom is -0.344 e. The highest BCUT2D eigenvalue weighted by molar-refractivity contribution is 7.91. The van der Waals surface area contributed by atoms with E-state index in [4.69, 9.17) is 9.47 Å². The molecule has 6 nitrogen and oxygen atoms in total. The first-order valence-electron chi connectivity index (χ1n) is 5.73. The number of thiazole rings is 1. The largest absolute Gasteiger partial charge is 0.344 e. The van der Waals surface area contributed by atoms with Crippen LogP contribution in [0.2, 0.25) is 0 Å². The van der Waals surface area contributed by atoms with Gasteiger partial charge in [-0.15, -0.1) is 11.3 Å². The van der Waals surface area contributed by atoms with E-state index in [1.54, 1.807) is 0 Å². The van der Waals surface area contributed by atoms with E-state index in [1.807, 2.05) is 0 Å². The van der Waals surface area contributed by atoms with Gasteiger partial charge in [0, 0.05) is 14.0 Å². The molecule has 114 valence electrons. The van der Waals surface area contributed by atoms with E-state index in [1.165, 1.54) is 0 Å². The highest BCUT2D eigenvalue weighted by Crippen LogP contribution is 2.31. The van der Waals surface area contributed by atoms with Gasteiger partial charge in [-0.25, -0.2) is 22.2 Å². The van der Waals surface area contributed by atoms with Crippen molar-refractivity contribution in [2.75, 3.05) is 26.8 Å². The van der Waals surface area contributed by atoms with Crippen molar-refractivity contribution in [3.05, 3.63) is 11.2 Å². The molecule has 2 rings (SSSR count). The molecule has 0 atom stereocenters. The Bertz CT molecular complexity index is 564. The van der Waals surface area contributed by atoms with E-state index in [0.29, 0.717) is 29.5 Å². The van der Waals surface area contributed by atoms with Crippen LogP contribution in [-0.2, 0) is 19.5 Å². The summed E-state index contributed by atoms with van der Waals surface area (Å²) in [5, 5.41) is 0.359. The number of halogens is 2. The highest BCUT2D eigenvalue weighted by Gasteiger charge is 2.33. The van der Waals surface area contributed by atoms with Gasteiger partial charge in [0.2, 0.25) is 6.29 Å². The number of sulfonamides is 1. The molecule has 0 saturated carbocycles. The van der Waals surface area contributed by atoms with Gasteiger partial charge in [-0.2, -0.15) is 4.31 Å². The molecule has 1 aromatic heterocycles. The van der Waals surface area contributed by atoms with Crippen LogP contribution >= 0.6 is 11.3 Å². The summed E-state index contributed by atoms with van der Waals surface area (Å²) in [6.45, 7) is 0.596. The standard InChI is InChI=1S/C10H14F2N2O4S2/c1-10(11,12)6-14(2)20(15,16)7-5-13-8(19-7)9-17-3-4-18-9/h5,9H,3-4,6H2,1-2H3. The summed E-state index contributed by atoms with van der Waals surface area (Å²) in [5.41, 5.74) is 0. The van der Waals surface area contributed by atoms with Crippen LogP contribution in [0.5, 0.6) is 0 Å². The Hall–Kier alpha value is -0.680. The van der Waals surface area contributed by atoms with Crippen molar-refractivity contribution >= 4 is 21.4 Å². The molecule has 20 heavy (non-hydrogen) atoms. The second kappa shape index (κ2) is 5.60. The topological polar surface area (TPSA) is 68.7 Å². The van der Waals surface area contributed by atoms with E-state index in [-0.39, 0.29) is 4.21 Å². The molecule has 0 amide bonds. The molecule has 1 fully saturated rings. The Morgan fingerprint density at radius 1 is 1.50 bits per heavy atom. The van der Waals surface area contributed by atoms with Gasteiger partial charge in [0.05, 0.1) is 26.0 Å². The fourth-order valence-corrected chi connectivity index (χ4v) is 4.23. The van der Waals surface area contributed by atoms with Crippen LogP contribution in [0.3, 0.4) is 0 Å². The molecular formula is C10H14F2N2O4S2. The average molecular weight is 328 g/mol. The van der Waals surface area contributed by atoms with Crippen LogP contribution in [-0.4, -0.2) is 50.4 Å². The summed E-state index contributed by atoms with van der Waals surface area (Å²) in [7, 11) is -2.88. The normalized spacial score (nSPS) is 18.1. The third kappa shape index (κ3) is 3.50. The quantitative estimate of drug-likeness (QED) is 0.818. The minimum absolute atomic E-state index is 0.113. The van der Waals surface area contributed by atoms with Crippen LogP contribution < -0.4 is 0 Å². The molecule has 1 aliphatic heterocycles. The predicted molar refractivity (Wildman–Crippen MR) is 67.2 cm³/mol. The second-order valence-corrected chi connectivity index (χ2v) is 7.76. The first-order chi connectivity index (χ1) is 9.20. The second-order valence-electron chi connectivity index (χ2n) is 4.42. The number of ether oxygens (including phenoxy) is 2. The maximum absolute atomic E-state index is 12.9. The van der Waals surface area contributed by atoms with Crippen LogP contribution in [0.25, 0.3) is 0 Å². The lowest BCUT2D eigenvalue weighted by molar-refractivity contribution is -0.0442. The monoisotopic (exact) mass is 328 g/mol. The molecule has 0 aromatic carbocycles. The summed E-state index contributed by atoms with van der Waals surface area (Å²) >= 11 is 0.856. The number of hydrogen-bond acceptors (Lipinski definition) is 6. The zero-order chi connectivity index (χ0) is 15.0. The summed E-state index contributed by atoms with van der Waals surface area (Å²) in [6, 6.07) is 0. The number of aromatic nitrogens is 1. The molecular weight excluding hydrogens is 314 g/mol. The van der Waals surface area contributed by atoms with Crippen molar-refractivity contribution < 1.29 is 26.7 Å². The van der Waals surface area contributed by atoms with Crippen LogP contribution in [0.15, 0.2) is 10.4 Å². The van der Waals surface area contributed by atoms with E-state index < -0.39 is 28.8 Å². The van der Waals surface area contributed by atoms with Crippen molar-refractivity contribution in [3.8, 4) is 0 Å². The average Bonchev–Trinajstić information content (AvgIpc) is 2.97. The number of rotatable bonds is 5. The first-order valence-corrected chi connectivity index (χ1v) is 7.99. The van der Waals surface area contributed by atoms with Crippen molar-refractivity contribution in [2.45, 2.75) is 23.3 Å². The lowest BCUT2D eigenvalue weighted by Gasteiger charge is -2.19. The fourth-order valence-electron chi connectivity index (χ4n) is 1.63. The zero-order valence-electron chi connectivity index (χ0n) is 10.9. The Kier molecular flexibility index (Phi) is 4.40. The number of alkyl halides is 2. The highest BCUT2D eigenvalue weighted by atomic mass is 32.2. The fraction of sp³-hybridized carbons (Fsp3) is 0.700. The van der Waals surface area contributed by atoms with Crippen molar-refractivity contribution in [2.24, 2.45) is 0 Å². The number of nitrogens with zero attached hydrogens (tertiary/aromatic N) is 2. The lowest BCUT2D eigenvalue weighted by atomic mass is 10.4. The maximum atomic E-state index is 12.9. The number of hydrogen-bond donors (Lipinski definition) is 0. The molecule has 1 saturated heterocycles. The third-order valence-electron chi connectivity index (χ3n) is 2.49. The Labute approximate surface area is 119 Å². The molecule has 1 aromatic rings. The first kappa shape index (κ1) is 15.7. The molecule has 1 aliphatic rings. The van der Waals surface area contributed by atoms with Gasteiger partial charge in [-0.1, -0.05) is 0 Å². The predicted octanol–water partition coefficient (Wildman–Crippen LogP) is 1.46. The van der Waals surface area contributed by atoms with Crippen molar-refractivity contribution in [1.82, 2.24) is 9.29 Å². The minimum atomic E-state index is -3.98. The SMILES string of the molecule is CN(CC(C)(F)F)S(=O)(=O)c1cnc(C2OCCO2)s1. The van der Waals surface area contributed by atoms with Gasteiger partial charge in [0.15, 0.2) is 9.22 Å². The molecule has 0 unspecified atom stereocenters. The molecule has 0 radical (unpaired) electrons.